The zero-order valence-corrected chi connectivity index (χ0v) is 13.7. The van der Waals surface area contributed by atoms with E-state index in [1.165, 1.54) is 36.8 Å². The number of amides is 1. The smallest absolute Gasteiger partial charge is 0.251 e. The molecule has 2 nitrogen and oxygen atoms in total. The zero-order chi connectivity index (χ0) is 15.1. The molecule has 0 bridgehead atoms. The van der Waals surface area contributed by atoms with Crippen LogP contribution in [0.15, 0.2) is 12.1 Å². The molecular formula is C18H29NO. The number of rotatable bonds is 7. The second-order valence-corrected chi connectivity index (χ2v) is 6.04. The molecule has 0 saturated carbocycles. The van der Waals surface area contributed by atoms with Crippen molar-refractivity contribution in [1.29, 1.82) is 0 Å². The van der Waals surface area contributed by atoms with Crippen molar-refractivity contribution in [2.45, 2.75) is 72.8 Å². The summed E-state index contributed by atoms with van der Waals surface area (Å²) in [6, 6.07) is 4.41. The molecule has 2 heteroatoms. The van der Waals surface area contributed by atoms with Crippen LogP contribution < -0.4 is 5.32 Å². The molecule has 20 heavy (non-hydrogen) atoms. The van der Waals surface area contributed by atoms with Crippen molar-refractivity contribution in [3.05, 3.63) is 34.4 Å². The fourth-order valence-electron chi connectivity index (χ4n) is 2.51. The number of nitrogens with one attached hydrogen (secondary N) is 1. The third kappa shape index (κ3) is 4.99. The molecule has 0 atom stereocenters. The molecule has 0 aliphatic carbocycles. The molecule has 0 heterocycles. The molecule has 0 fully saturated rings. The lowest BCUT2D eigenvalue weighted by Gasteiger charge is -2.15. The average Bonchev–Trinajstić information content (AvgIpc) is 2.37. The molecule has 1 aromatic carbocycles. The van der Waals surface area contributed by atoms with Crippen LogP contribution in [0.1, 0.15) is 73.5 Å². The first-order valence-corrected chi connectivity index (χ1v) is 7.86. The Labute approximate surface area is 124 Å². The van der Waals surface area contributed by atoms with E-state index in [2.05, 4.69) is 32.2 Å². The van der Waals surface area contributed by atoms with Crippen LogP contribution in [-0.2, 0) is 6.42 Å². The summed E-state index contributed by atoms with van der Waals surface area (Å²) in [7, 11) is 0. The summed E-state index contributed by atoms with van der Waals surface area (Å²) in [6.45, 7) is 10.4. The fraction of sp³-hybridized carbons (Fsp3) is 0.611. The van der Waals surface area contributed by atoms with Crippen molar-refractivity contribution in [3.8, 4) is 0 Å². The SMILES string of the molecule is CCCCCCc1cc(C)cc(C(=O)NC(C)C)c1C. The summed E-state index contributed by atoms with van der Waals surface area (Å²) < 4.78 is 0. The minimum absolute atomic E-state index is 0.0519. The highest BCUT2D eigenvalue weighted by atomic mass is 16.1. The number of unbranched alkanes of at least 4 members (excludes halogenated alkanes) is 3. The molecule has 0 unspecified atom stereocenters. The first-order valence-electron chi connectivity index (χ1n) is 7.86. The van der Waals surface area contributed by atoms with Crippen molar-refractivity contribution >= 4 is 5.91 Å². The van der Waals surface area contributed by atoms with E-state index in [4.69, 9.17) is 0 Å². The highest BCUT2D eigenvalue weighted by Gasteiger charge is 2.13. The Balaban J connectivity index is 2.86. The van der Waals surface area contributed by atoms with E-state index in [1.54, 1.807) is 0 Å². The Bertz CT molecular complexity index is 449. The van der Waals surface area contributed by atoms with Crippen molar-refractivity contribution < 1.29 is 4.79 Å². The van der Waals surface area contributed by atoms with Crippen LogP contribution >= 0.6 is 0 Å². The van der Waals surface area contributed by atoms with Crippen LogP contribution in [0.3, 0.4) is 0 Å². The minimum atomic E-state index is 0.0519. The van der Waals surface area contributed by atoms with Gasteiger partial charge in [-0.3, -0.25) is 4.79 Å². The molecule has 0 aromatic heterocycles. The Morgan fingerprint density at radius 3 is 2.45 bits per heavy atom. The third-order valence-corrected chi connectivity index (χ3v) is 3.62. The number of carbonyl (C=O) groups excluding carboxylic acids is 1. The maximum absolute atomic E-state index is 12.2. The van der Waals surface area contributed by atoms with E-state index in [0.29, 0.717) is 0 Å². The van der Waals surface area contributed by atoms with E-state index >= 15 is 0 Å². The molecule has 1 aromatic rings. The van der Waals surface area contributed by atoms with Gasteiger partial charge in [-0.2, -0.15) is 0 Å². The number of benzene rings is 1. The number of carbonyl (C=O) groups is 1. The topological polar surface area (TPSA) is 29.1 Å². The molecular weight excluding hydrogens is 246 g/mol. The lowest BCUT2D eigenvalue weighted by molar-refractivity contribution is 0.0942. The second-order valence-electron chi connectivity index (χ2n) is 6.04. The fourth-order valence-corrected chi connectivity index (χ4v) is 2.51. The van der Waals surface area contributed by atoms with E-state index < -0.39 is 0 Å². The summed E-state index contributed by atoms with van der Waals surface area (Å²) in [5.74, 6) is 0.0519. The van der Waals surface area contributed by atoms with Crippen molar-refractivity contribution in [1.82, 2.24) is 5.32 Å². The Morgan fingerprint density at radius 1 is 1.15 bits per heavy atom. The van der Waals surface area contributed by atoms with Gasteiger partial charge in [-0.15, -0.1) is 0 Å². The minimum Gasteiger partial charge on any atom is -0.350 e. The van der Waals surface area contributed by atoms with E-state index in [1.807, 2.05) is 19.9 Å². The van der Waals surface area contributed by atoms with Crippen LogP contribution in [0.2, 0.25) is 0 Å². The molecule has 0 aliphatic rings. The molecule has 1 N–H and O–H groups in total. The van der Waals surface area contributed by atoms with E-state index in [-0.39, 0.29) is 11.9 Å². The third-order valence-electron chi connectivity index (χ3n) is 3.62. The number of hydrogen-bond acceptors (Lipinski definition) is 1. The normalized spacial score (nSPS) is 10.9. The van der Waals surface area contributed by atoms with Crippen molar-refractivity contribution in [2.75, 3.05) is 0 Å². The summed E-state index contributed by atoms with van der Waals surface area (Å²) in [5.41, 5.74) is 4.49. The molecule has 112 valence electrons. The Kier molecular flexibility index (Phi) is 6.77. The predicted molar refractivity (Wildman–Crippen MR) is 86.4 cm³/mol. The highest BCUT2D eigenvalue weighted by Crippen LogP contribution is 2.19. The quantitative estimate of drug-likeness (QED) is 0.726. The molecule has 1 rings (SSSR count). The van der Waals surface area contributed by atoms with Gasteiger partial charge in [-0.1, -0.05) is 37.8 Å². The van der Waals surface area contributed by atoms with Gasteiger partial charge in [0.1, 0.15) is 0 Å². The van der Waals surface area contributed by atoms with Gasteiger partial charge in [0.15, 0.2) is 0 Å². The number of aryl methyl sites for hydroxylation is 2. The van der Waals surface area contributed by atoms with Crippen LogP contribution in [0.5, 0.6) is 0 Å². The molecule has 0 aliphatic heterocycles. The summed E-state index contributed by atoms with van der Waals surface area (Å²) in [5, 5.41) is 2.99. The number of hydrogen-bond donors (Lipinski definition) is 1. The van der Waals surface area contributed by atoms with Gasteiger partial charge in [-0.05, 0) is 57.7 Å². The molecule has 0 radical (unpaired) electrons. The van der Waals surface area contributed by atoms with Gasteiger partial charge in [0.05, 0.1) is 0 Å². The first-order chi connectivity index (χ1) is 9.45. The van der Waals surface area contributed by atoms with Crippen LogP contribution in [0.4, 0.5) is 0 Å². The monoisotopic (exact) mass is 275 g/mol. The zero-order valence-electron chi connectivity index (χ0n) is 13.7. The summed E-state index contributed by atoms with van der Waals surface area (Å²) >= 11 is 0. The average molecular weight is 275 g/mol. The maximum Gasteiger partial charge on any atom is 0.251 e. The van der Waals surface area contributed by atoms with Gasteiger partial charge in [0.25, 0.3) is 5.91 Å². The second kappa shape index (κ2) is 8.08. The van der Waals surface area contributed by atoms with Gasteiger partial charge in [-0.25, -0.2) is 0 Å². The molecule has 0 spiro atoms. The van der Waals surface area contributed by atoms with Crippen LogP contribution in [-0.4, -0.2) is 11.9 Å². The Morgan fingerprint density at radius 2 is 1.85 bits per heavy atom. The Hall–Kier alpha value is -1.31. The largest absolute Gasteiger partial charge is 0.350 e. The van der Waals surface area contributed by atoms with E-state index in [0.717, 1.165) is 17.5 Å². The lowest BCUT2D eigenvalue weighted by Crippen LogP contribution is -2.30. The van der Waals surface area contributed by atoms with Gasteiger partial charge >= 0.3 is 0 Å². The molecule has 0 saturated heterocycles. The van der Waals surface area contributed by atoms with Gasteiger partial charge in [0.2, 0.25) is 0 Å². The standard InChI is InChI=1S/C18H29NO/c1-6-7-8-9-10-16-11-14(4)12-17(15(16)5)18(20)19-13(2)3/h11-13H,6-10H2,1-5H3,(H,19,20). The highest BCUT2D eigenvalue weighted by molar-refractivity contribution is 5.96. The summed E-state index contributed by atoms with van der Waals surface area (Å²) in [4.78, 5) is 12.2. The van der Waals surface area contributed by atoms with Crippen molar-refractivity contribution in [3.63, 3.8) is 0 Å². The van der Waals surface area contributed by atoms with Gasteiger partial charge in [0, 0.05) is 11.6 Å². The molecule has 1 amide bonds. The first kappa shape index (κ1) is 16.7. The van der Waals surface area contributed by atoms with Crippen LogP contribution in [0, 0.1) is 13.8 Å². The maximum atomic E-state index is 12.2. The van der Waals surface area contributed by atoms with Crippen molar-refractivity contribution in [2.24, 2.45) is 0 Å². The summed E-state index contributed by atoms with van der Waals surface area (Å²) in [6.07, 6.45) is 6.12. The predicted octanol–water partition coefficient (Wildman–Crippen LogP) is 4.56. The van der Waals surface area contributed by atoms with Gasteiger partial charge < -0.3 is 5.32 Å². The van der Waals surface area contributed by atoms with Crippen LogP contribution in [0.25, 0.3) is 0 Å². The van der Waals surface area contributed by atoms with E-state index in [9.17, 15) is 4.79 Å². The lowest BCUT2D eigenvalue weighted by atomic mass is 9.94.